The molecular weight excluding hydrogens is 318 g/mol. The van der Waals surface area contributed by atoms with Crippen LogP contribution in [0.25, 0.3) is 0 Å². The lowest BCUT2D eigenvalue weighted by molar-refractivity contribution is -0.123. The summed E-state index contributed by atoms with van der Waals surface area (Å²) in [5.74, 6) is 6.18. The van der Waals surface area contributed by atoms with E-state index in [4.69, 9.17) is 0 Å². The lowest BCUT2D eigenvalue weighted by atomic mass is 10.2. The number of rotatable bonds is 13. The monoisotopic (exact) mass is 349 g/mol. The van der Waals surface area contributed by atoms with Crippen LogP contribution in [-0.2, 0) is 4.84 Å². The third kappa shape index (κ3) is 18.8. The molecule has 0 aromatic rings. The summed E-state index contributed by atoms with van der Waals surface area (Å²) in [6.45, 7) is 2.15. The maximum atomic E-state index is 9.27. The van der Waals surface area contributed by atoms with Crippen LogP contribution in [0.1, 0.15) is 58.3 Å². The summed E-state index contributed by atoms with van der Waals surface area (Å²) in [5.41, 5.74) is 0. The van der Waals surface area contributed by atoms with Gasteiger partial charge in [0.25, 0.3) is 0 Å². The Hall–Kier alpha value is -1.25. The Morgan fingerprint density at radius 2 is 1.54 bits per heavy atom. The zero-order valence-electron chi connectivity index (χ0n) is 14.7. The van der Waals surface area contributed by atoms with Gasteiger partial charge in [0.2, 0.25) is 0 Å². The van der Waals surface area contributed by atoms with Crippen molar-refractivity contribution in [1.82, 2.24) is 4.89 Å². The van der Waals surface area contributed by atoms with E-state index < -0.39 is 6.29 Å². The first-order chi connectivity index (χ1) is 11.8. The summed E-state index contributed by atoms with van der Waals surface area (Å²) in [6, 6.07) is 0. The van der Waals surface area contributed by atoms with Crippen LogP contribution >= 0.6 is 12.8 Å². The fourth-order valence-electron chi connectivity index (χ4n) is 1.77. The molecule has 0 amide bonds. The minimum atomic E-state index is -0.821. The van der Waals surface area contributed by atoms with Crippen LogP contribution in [0.2, 0.25) is 0 Å². The molecule has 0 spiro atoms. The third-order valence-corrected chi connectivity index (χ3v) is 3.11. The second kappa shape index (κ2) is 19.8. The smallest absolute Gasteiger partial charge is 0.175 e. The second-order valence-corrected chi connectivity index (χ2v) is 5.30. The minimum absolute atomic E-state index is 0.548. The summed E-state index contributed by atoms with van der Waals surface area (Å²) in [5, 5.41) is 9.27. The Labute approximate surface area is 153 Å². The molecule has 3 nitrogen and oxygen atoms in total. The van der Waals surface area contributed by atoms with E-state index in [1.54, 1.807) is 0 Å². The van der Waals surface area contributed by atoms with Crippen LogP contribution < -0.4 is 4.89 Å². The molecule has 0 aromatic heterocycles. The predicted octanol–water partition coefficient (Wildman–Crippen LogP) is 5.04. The number of nitrogens with one attached hydrogen (secondary N) is 1. The van der Waals surface area contributed by atoms with E-state index in [2.05, 4.69) is 89.9 Å². The molecule has 4 heteroatoms. The standard InChI is InChI=1S/C20H31NO2S/c1-2-3-4-5-6-7-8-9-10-11-12-13-14-15-16-17-18-19-20(22)23-21-24/h3-4,6-7,9-10,12-13,20-22,24H,2,5,8,11,14,17-19H2,1H3. The van der Waals surface area contributed by atoms with E-state index in [-0.39, 0.29) is 0 Å². The molecule has 0 aliphatic carbocycles. The highest BCUT2D eigenvalue weighted by atomic mass is 32.1. The molecule has 0 aliphatic heterocycles. The number of unbranched alkanes of at least 4 members (excludes halogenated alkanes) is 1. The van der Waals surface area contributed by atoms with E-state index in [1.165, 1.54) is 0 Å². The van der Waals surface area contributed by atoms with E-state index in [1.807, 2.05) is 0 Å². The average Bonchev–Trinajstić information content (AvgIpc) is 2.58. The summed E-state index contributed by atoms with van der Waals surface area (Å²) >= 11 is 3.64. The Balaban J connectivity index is 3.51. The lowest BCUT2D eigenvalue weighted by Gasteiger charge is -2.07. The van der Waals surface area contributed by atoms with Crippen molar-refractivity contribution in [2.45, 2.75) is 64.6 Å². The lowest BCUT2D eigenvalue weighted by Crippen LogP contribution is -2.16. The van der Waals surface area contributed by atoms with Gasteiger partial charge in [-0.3, -0.25) is 4.84 Å². The van der Waals surface area contributed by atoms with Crippen molar-refractivity contribution in [3.63, 3.8) is 0 Å². The number of hydrogen-bond donors (Lipinski definition) is 3. The maximum absolute atomic E-state index is 9.27. The van der Waals surface area contributed by atoms with Crippen molar-refractivity contribution in [3.8, 4) is 11.8 Å². The second-order valence-electron chi connectivity index (χ2n) is 5.11. The minimum Gasteiger partial charge on any atom is -0.366 e. The molecule has 1 atom stereocenters. The Morgan fingerprint density at radius 3 is 2.12 bits per heavy atom. The molecule has 0 aliphatic rings. The van der Waals surface area contributed by atoms with E-state index in [0.29, 0.717) is 6.42 Å². The highest BCUT2D eigenvalue weighted by Gasteiger charge is 2.00. The van der Waals surface area contributed by atoms with Gasteiger partial charge in [-0.25, -0.2) is 0 Å². The van der Waals surface area contributed by atoms with E-state index in [9.17, 15) is 5.11 Å². The zero-order chi connectivity index (χ0) is 17.7. The molecule has 0 radical (unpaired) electrons. The zero-order valence-corrected chi connectivity index (χ0v) is 15.6. The van der Waals surface area contributed by atoms with Gasteiger partial charge in [-0.05, 0) is 32.1 Å². The van der Waals surface area contributed by atoms with Crippen molar-refractivity contribution in [3.05, 3.63) is 48.6 Å². The molecule has 134 valence electrons. The fourth-order valence-corrected chi connectivity index (χ4v) is 1.89. The molecule has 0 rings (SSSR count). The SMILES string of the molecule is CCC=CCC=CCC=CCC=CCC#CCCCC(O)ONS. The largest absolute Gasteiger partial charge is 0.366 e. The van der Waals surface area contributed by atoms with Crippen molar-refractivity contribution < 1.29 is 9.94 Å². The Kier molecular flexibility index (Phi) is 18.8. The van der Waals surface area contributed by atoms with Crippen LogP contribution in [0.3, 0.4) is 0 Å². The van der Waals surface area contributed by atoms with Gasteiger partial charge in [0.1, 0.15) is 0 Å². The van der Waals surface area contributed by atoms with E-state index in [0.717, 1.165) is 44.9 Å². The first-order valence-electron chi connectivity index (χ1n) is 8.59. The third-order valence-electron chi connectivity index (χ3n) is 3.01. The predicted molar refractivity (Wildman–Crippen MR) is 106 cm³/mol. The first-order valence-corrected chi connectivity index (χ1v) is 9.04. The quantitative estimate of drug-likeness (QED) is 0.109. The number of thiol groups is 1. The van der Waals surface area contributed by atoms with Gasteiger partial charge in [0, 0.05) is 19.3 Å². The number of allylic oxidation sites excluding steroid dienone is 8. The maximum Gasteiger partial charge on any atom is 0.175 e. The number of hydrogen-bond acceptors (Lipinski definition) is 4. The van der Waals surface area contributed by atoms with Crippen molar-refractivity contribution in [2.24, 2.45) is 0 Å². The number of aliphatic hydroxyl groups is 1. The summed E-state index contributed by atoms with van der Waals surface area (Å²) in [7, 11) is 0. The van der Waals surface area contributed by atoms with Crippen molar-refractivity contribution in [1.29, 1.82) is 0 Å². The van der Waals surface area contributed by atoms with Crippen LogP contribution in [0.5, 0.6) is 0 Å². The van der Waals surface area contributed by atoms with Gasteiger partial charge in [0.15, 0.2) is 6.29 Å². The molecule has 0 fully saturated rings. The molecule has 0 heterocycles. The van der Waals surface area contributed by atoms with E-state index >= 15 is 0 Å². The molecule has 0 saturated heterocycles. The van der Waals surface area contributed by atoms with Crippen molar-refractivity contribution in [2.75, 3.05) is 0 Å². The Morgan fingerprint density at radius 1 is 0.958 bits per heavy atom. The summed E-state index contributed by atoms with van der Waals surface area (Å²) in [6.07, 6.45) is 23.5. The highest BCUT2D eigenvalue weighted by Crippen LogP contribution is 2.00. The summed E-state index contributed by atoms with van der Waals surface area (Å²) in [4.78, 5) is 6.83. The van der Waals surface area contributed by atoms with Crippen LogP contribution in [0, 0.1) is 11.8 Å². The molecule has 0 aromatic carbocycles. The molecule has 24 heavy (non-hydrogen) atoms. The molecule has 1 unspecified atom stereocenters. The van der Waals surface area contributed by atoms with Gasteiger partial charge in [-0.15, -0.1) is 10.8 Å². The highest BCUT2D eigenvalue weighted by molar-refractivity contribution is 7.77. The molecule has 0 saturated carbocycles. The molecule has 2 N–H and O–H groups in total. The molecule has 0 bridgehead atoms. The molecular formula is C20H31NO2S. The van der Waals surface area contributed by atoms with Gasteiger partial charge in [0.05, 0.1) is 0 Å². The summed E-state index contributed by atoms with van der Waals surface area (Å²) < 4.78 is 0. The van der Waals surface area contributed by atoms with Gasteiger partial charge >= 0.3 is 0 Å². The van der Waals surface area contributed by atoms with Crippen LogP contribution in [0.4, 0.5) is 0 Å². The number of aliphatic hydroxyl groups excluding tert-OH is 1. The van der Waals surface area contributed by atoms with Gasteiger partial charge in [-0.2, -0.15) is 0 Å². The van der Waals surface area contributed by atoms with Crippen LogP contribution in [0.15, 0.2) is 48.6 Å². The topological polar surface area (TPSA) is 41.5 Å². The van der Waals surface area contributed by atoms with Gasteiger partial charge < -0.3 is 5.11 Å². The first kappa shape index (κ1) is 22.8. The fraction of sp³-hybridized carbons (Fsp3) is 0.500. The normalized spacial score (nSPS) is 13.3. The van der Waals surface area contributed by atoms with Crippen molar-refractivity contribution >= 4 is 12.8 Å². The average molecular weight is 350 g/mol. The van der Waals surface area contributed by atoms with Gasteiger partial charge in [-0.1, -0.05) is 74.3 Å². The Bertz CT molecular complexity index is 444. The van der Waals surface area contributed by atoms with Crippen LogP contribution in [-0.4, -0.2) is 11.4 Å².